The number of hydrogen-bond acceptors (Lipinski definition) is 3. The van der Waals surface area contributed by atoms with Crippen molar-refractivity contribution in [2.75, 3.05) is 6.61 Å². The molecule has 0 saturated carbocycles. The van der Waals surface area contributed by atoms with Crippen LogP contribution in [0, 0.1) is 5.82 Å². The quantitative estimate of drug-likeness (QED) is 0.792. The van der Waals surface area contributed by atoms with E-state index < -0.39 is 6.04 Å². The van der Waals surface area contributed by atoms with E-state index in [2.05, 4.69) is 5.32 Å². The van der Waals surface area contributed by atoms with Gasteiger partial charge in [0, 0.05) is 11.6 Å². The maximum absolute atomic E-state index is 13.6. The molecule has 100 valence electrons. The van der Waals surface area contributed by atoms with Crippen molar-refractivity contribution in [1.82, 2.24) is 5.32 Å². The van der Waals surface area contributed by atoms with Crippen LogP contribution in [0.15, 0.2) is 24.3 Å². The second-order valence-electron chi connectivity index (χ2n) is 4.12. The van der Waals surface area contributed by atoms with Crippen LogP contribution in [0.25, 0.3) is 0 Å². The highest BCUT2D eigenvalue weighted by Crippen LogP contribution is 2.17. The van der Waals surface area contributed by atoms with Gasteiger partial charge in [0.25, 0.3) is 0 Å². The first-order valence-corrected chi connectivity index (χ1v) is 6.27. The zero-order valence-corrected chi connectivity index (χ0v) is 11.1. The molecule has 1 N–H and O–H groups in total. The number of halogens is 1. The first-order valence-electron chi connectivity index (χ1n) is 6.27. The number of benzene rings is 1. The third kappa shape index (κ3) is 3.81. The van der Waals surface area contributed by atoms with Crippen LogP contribution >= 0.6 is 0 Å². The number of nitrogens with one attached hydrogen (secondary N) is 1. The van der Waals surface area contributed by atoms with Gasteiger partial charge in [0.1, 0.15) is 11.9 Å². The van der Waals surface area contributed by atoms with Crippen molar-refractivity contribution < 1.29 is 13.9 Å². The molecule has 18 heavy (non-hydrogen) atoms. The van der Waals surface area contributed by atoms with E-state index in [1.807, 2.05) is 13.8 Å². The number of esters is 1. The van der Waals surface area contributed by atoms with Crippen molar-refractivity contribution in [3.05, 3.63) is 35.6 Å². The van der Waals surface area contributed by atoms with Gasteiger partial charge in [0.2, 0.25) is 0 Å². The summed E-state index contributed by atoms with van der Waals surface area (Å²) in [5, 5.41) is 3.09. The van der Waals surface area contributed by atoms with Gasteiger partial charge in [-0.05, 0) is 26.3 Å². The molecule has 0 bridgehead atoms. The largest absolute Gasteiger partial charge is 0.465 e. The second kappa shape index (κ2) is 7.11. The molecule has 2 unspecified atom stereocenters. The van der Waals surface area contributed by atoms with Gasteiger partial charge >= 0.3 is 5.97 Å². The fourth-order valence-electron chi connectivity index (χ4n) is 1.81. The minimum Gasteiger partial charge on any atom is -0.465 e. The SMILES string of the molecule is CCOC(=O)C(CC)NC(C)c1ccccc1F. The number of ether oxygens (including phenoxy) is 1. The summed E-state index contributed by atoms with van der Waals surface area (Å²) in [6.45, 7) is 5.85. The molecule has 2 atom stereocenters. The van der Waals surface area contributed by atoms with Crippen LogP contribution < -0.4 is 5.32 Å². The van der Waals surface area contributed by atoms with Gasteiger partial charge in [0.15, 0.2) is 0 Å². The highest BCUT2D eigenvalue weighted by atomic mass is 19.1. The molecule has 1 aromatic carbocycles. The third-order valence-electron chi connectivity index (χ3n) is 2.80. The van der Waals surface area contributed by atoms with Crippen molar-refractivity contribution in [3.8, 4) is 0 Å². The molecule has 0 aromatic heterocycles. The fraction of sp³-hybridized carbons (Fsp3) is 0.500. The van der Waals surface area contributed by atoms with Gasteiger partial charge in [-0.3, -0.25) is 10.1 Å². The molecular weight excluding hydrogens is 233 g/mol. The molecular formula is C14H20FNO2. The minimum absolute atomic E-state index is 0.236. The Balaban J connectivity index is 2.70. The molecule has 0 saturated heterocycles. The monoisotopic (exact) mass is 253 g/mol. The first-order chi connectivity index (χ1) is 8.60. The standard InChI is InChI=1S/C14H20FNO2/c1-4-13(14(17)18-5-2)16-10(3)11-8-6-7-9-12(11)15/h6-10,13,16H,4-5H2,1-3H3. The first kappa shape index (κ1) is 14.6. The number of carbonyl (C=O) groups excluding carboxylic acids is 1. The fourth-order valence-corrected chi connectivity index (χ4v) is 1.81. The molecule has 0 aliphatic heterocycles. The summed E-state index contributed by atoms with van der Waals surface area (Å²) in [5.41, 5.74) is 0.556. The lowest BCUT2D eigenvalue weighted by Gasteiger charge is -2.21. The third-order valence-corrected chi connectivity index (χ3v) is 2.80. The average Bonchev–Trinajstić information content (AvgIpc) is 2.36. The maximum atomic E-state index is 13.6. The van der Waals surface area contributed by atoms with E-state index in [4.69, 9.17) is 4.74 Å². The molecule has 3 nitrogen and oxygen atoms in total. The van der Waals surface area contributed by atoms with Crippen molar-refractivity contribution >= 4 is 5.97 Å². The molecule has 0 heterocycles. The molecule has 4 heteroatoms. The molecule has 1 aromatic rings. The van der Waals surface area contributed by atoms with Crippen LogP contribution in [-0.2, 0) is 9.53 Å². The molecule has 0 aliphatic rings. The van der Waals surface area contributed by atoms with Crippen LogP contribution in [0.2, 0.25) is 0 Å². The second-order valence-corrected chi connectivity index (χ2v) is 4.12. The lowest BCUT2D eigenvalue weighted by atomic mass is 10.1. The van der Waals surface area contributed by atoms with E-state index in [1.54, 1.807) is 25.1 Å². The Morgan fingerprint density at radius 3 is 2.61 bits per heavy atom. The predicted octanol–water partition coefficient (Wildman–Crippen LogP) is 2.82. The summed E-state index contributed by atoms with van der Waals surface area (Å²) in [6.07, 6.45) is 0.609. The Labute approximate surface area is 107 Å². The van der Waals surface area contributed by atoms with Gasteiger partial charge < -0.3 is 4.74 Å². The maximum Gasteiger partial charge on any atom is 0.323 e. The Morgan fingerprint density at radius 2 is 2.06 bits per heavy atom. The number of rotatable bonds is 6. The number of carbonyl (C=O) groups is 1. The summed E-state index contributed by atoms with van der Waals surface area (Å²) in [5.74, 6) is -0.556. The summed E-state index contributed by atoms with van der Waals surface area (Å²) >= 11 is 0. The minimum atomic E-state index is -0.403. The van der Waals surface area contributed by atoms with Crippen LogP contribution in [-0.4, -0.2) is 18.6 Å². The summed E-state index contributed by atoms with van der Waals surface area (Å²) < 4.78 is 18.6. The smallest absolute Gasteiger partial charge is 0.323 e. The average molecular weight is 253 g/mol. The van der Waals surface area contributed by atoms with E-state index >= 15 is 0 Å². The lowest BCUT2D eigenvalue weighted by Crippen LogP contribution is -2.39. The Kier molecular flexibility index (Phi) is 5.78. The molecule has 1 rings (SSSR count). The van der Waals surface area contributed by atoms with Gasteiger partial charge in [0.05, 0.1) is 6.61 Å². The highest BCUT2D eigenvalue weighted by molar-refractivity contribution is 5.75. The van der Waals surface area contributed by atoms with Gasteiger partial charge in [-0.15, -0.1) is 0 Å². The van der Waals surface area contributed by atoms with Crippen molar-refractivity contribution in [2.24, 2.45) is 0 Å². The lowest BCUT2D eigenvalue weighted by molar-refractivity contribution is -0.146. The van der Waals surface area contributed by atoms with E-state index in [0.717, 1.165) is 0 Å². The highest BCUT2D eigenvalue weighted by Gasteiger charge is 2.21. The Bertz CT molecular complexity index is 395. The van der Waals surface area contributed by atoms with Crippen LogP contribution in [0.3, 0.4) is 0 Å². The summed E-state index contributed by atoms with van der Waals surface area (Å²) in [4.78, 5) is 11.6. The summed E-state index contributed by atoms with van der Waals surface area (Å²) in [7, 11) is 0. The topological polar surface area (TPSA) is 38.3 Å². The van der Waals surface area contributed by atoms with Gasteiger partial charge in [-0.25, -0.2) is 4.39 Å². The van der Waals surface area contributed by atoms with Crippen LogP contribution in [0.5, 0.6) is 0 Å². The Hall–Kier alpha value is -1.42. The summed E-state index contributed by atoms with van der Waals surface area (Å²) in [6, 6.07) is 5.92. The van der Waals surface area contributed by atoms with E-state index in [-0.39, 0.29) is 17.8 Å². The van der Waals surface area contributed by atoms with Crippen molar-refractivity contribution in [2.45, 2.75) is 39.3 Å². The van der Waals surface area contributed by atoms with E-state index in [1.165, 1.54) is 6.07 Å². The molecule has 0 amide bonds. The van der Waals surface area contributed by atoms with E-state index in [9.17, 15) is 9.18 Å². The number of hydrogen-bond donors (Lipinski definition) is 1. The zero-order valence-electron chi connectivity index (χ0n) is 11.1. The molecule has 0 aliphatic carbocycles. The van der Waals surface area contributed by atoms with Gasteiger partial charge in [-0.1, -0.05) is 25.1 Å². The van der Waals surface area contributed by atoms with Crippen molar-refractivity contribution in [1.29, 1.82) is 0 Å². The van der Waals surface area contributed by atoms with Crippen molar-refractivity contribution in [3.63, 3.8) is 0 Å². The zero-order chi connectivity index (χ0) is 13.5. The van der Waals surface area contributed by atoms with Crippen LogP contribution in [0.1, 0.15) is 38.8 Å². The van der Waals surface area contributed by atoms with E-state index in [0.29, 0.717) is 18.6 Å². The molecule has 0 spiro atoms. The van der Waals surface area contributed by atoms with Crippen LogP contribution in [0.4, 0.5) is 4.39 Å². The normalized spacial score (nSPS) is 14.0. The Morgan fingerprint density at radius 1 is 1.39 bits per heavy atom. The molecule has 0 fully saturated rings. The van der Waals surface area contributed by atoms with Gasteiger partial charge in [-0.2, -0.15) is 0 Å². The molecule has 0 radical (unpaired) electrons. The predicted molar refractivity (Wildman–Crippen MR) is 68.7 cm³/mol.